The van der Waals surface area contributed by atoms with E-state index in [1.165, 1.54) is 0 Å². The van der Waals surface area contributed by atoms with E-state index in [2.05, 4.69) is 0 Å². The molecule has 0 amide bonds. The third-order valence-electron chi connectivity index (χ3n) is 2.10. The molecule has 1 rings (SSSR count). The second kappa shape index (κ2) is 4.75. The zero-order valence-electron chi connectivity index (χ0n) is 8.65. The maximum absolute atomic E-state index is 13.3. The smallest absolute Gasteiger partial charge is 0.328 e. The molecule has 0 fully saturated rings. The third kappa shape index (κ3) is 2.07. The first-order valence-electron chi connectivity index (χ1n) is 4.39. The fourth-order valence-electron chi connectivity index (χ4n) is 1.07. The third-order valence-corrected chi connectivity index (χ3v) is 2.10. The molecule has 0 aliphatic rings. The predicted molar refractivity (Wildman–Crippen MR) is 46.9 cm³/mol. The minimum Gasteiger partial charge on any atom is -0.480 e. The molecular formula is C9H5F6NO2. The van der Waals surface area contributed by atoms with Crippen molar-refractivity contribution in [3.05, 3.63) is 29.1 Å². The molecule has 0 unspecified atom stereocenters. The lowest BCUT2D eigenvalue weighted by atomic mass is 10.2. The highest BCUT2D eigenvalue weighted by Gasteiger charge is 2.33. The fraction of sp³-hybridized carbons (Fsp3) is 0.222. The highest BCUT2D eigenvalue weighted by atomic mass is 19.2. The molecule has 100 valence electrons. The van der Waals surface area contributed by atoms with Crippen LogP contribution in [0.1, 0.15) is 6.92 Å². The maximum atomic E-state index is 13.3. The van der Waals surface area contributed by atoms with Crippen molar-refractivity contribution in [3.8, 4) is 0 Å². The average Bonchev–Trinajstić information content (AvgIpc) is 2.32. The Labute approximate surface area is 96.2 Å². The molecule has 0 aliphatic carbocycles. The van der Waals surface area contributed by atoms with Gasteiger partial charge in [0.1, 0.15) is 5.69 Å². The zero-order valence-corrected chi connectivity index (χ0v) is 8.65. The molecule has 18 heavy (non-hydrogen) atoms. The quantitative estimate of drug-likeness (QED) is 0.398. The Morgan fingerprint density at radius 1 is 1.00 bits per heavy atom. The van der Waals surface area contributed by atoms with E-state index in [1.54, 1.807) is 0 Å². The van der Waals surface area contributed by atoms with Gasteiger partial charge in [0.2, 0.25) is 5.82 Å². The van der Waals surface area contributed by atoms with E-state index in [9.17, 15) is 31.2 Å². The van der Waals surface area contributed by atoms with Gasteiger partial charge in [0.25, 0.3) is 0 Å². The molecule has 0 bridgehead atoms. The standard InChI is InChI=1S/C9H5F6NO2/c1-2(9(17)18)16(15)8-6(13)4(11)3(10)5(12)7(8)14/h2H,1H3,(H,17,18)/t2-/m0/s1. The predicted octanol–water partition coefficient (Wildman–Crippen LogP) is 2.55. The number of carboxylic acid groups (broad SMARTS) is 1. The van der Waals surface area contributed by atoms with Crippen LogP contribution < -0.4 is 5.12 Å². The Morgan fingerprint density at radius 2 is 1.33 bits per heavy atom. The zero-order chi connectivity index (χ0) is 14.2. The van der Waals surface area contributed by atoms with Crippen molar-refractivity contribution in [2.24, 2.45) is 0 Å². The number of aliphatic carboxylic acids is 1. The lowest BCUT2D eigenvalue weighted by Crippen LogP contribution is -2.34. The Bertz CT molecular complexity index is 477. The van der Waals surface area contributed by atoms with Crippen LogP contribution in [0.25, 0.3) is 0 Å². The molecule has 0 heterocycles. The summed E-state index contributed by atoms with van der Waals surface area (Å²) in [4.78, 5) is 10.4. The molecule has 0 radical (unpaired) electrons. The molecule has 9 heteroatoms. The van der Waals surface area contributed by atoms with Gasteiger partial charge in [-0.1, -0.05) is 4.48 Å². The number of benzene rings is 1. The largest absolute Gasteiger partial charge is 0.480 e. The van der Waals surface area contributed by atoms with Gasteiger partial charge in [-0.2, -0.15) is 5.12 Å². The van der Waals surface area contributed by atoms with Crippen molar-refractivity contribution in [2.75, 3.05) is 5.12 Å². The van der Waals surface area contributed by atoms with Crippen LogP contribution in [-0.2, 0) is 4.79 Å². The van der Waals surface area contributed by atoms with Gasteiger partial charge in [-0.3, -0.25) is 0 Å². The lowest BCUT2D eigenvalue weighted by molar-refractivity contribution is -0.138. The summed E-state index contributed by atoms with van der Waals surface area (Å²) in [5.41, 5.74) is -1.94. The Hall–Kier alpha value is -1.93. The van der Waals surface area contributed by atoms with Crippen LogP contribution in [0.4, 0.5) is 32.1 Å². The van der Waals surface area contributed by atoms with Crippen LogP contribution in [0.2, 0.25) is 0 Å². The topological polar surface area (TPSA) is 40.5 Å². The summed E-state index contributed by atoms with van der Waals surface area (Å²) < 4.78 is 77.6. The molecule has 1 atom stereocenters. The lowest BCUT2D eigenvalue weighted by Gasteiger charge is -2.19. The number of hydrogen-bond acceptors (Lipinski definition) is 2. The first-order chi connectivity index (χ1) is 8.20. The van der Waals surface area contributed by atoms with Crippen molar-refractivity contribution in [1.29, 1.82) is 0 Å². The van der Waals surface area contributed by atoms with Crippen molar-refractivity contribution in [1.82, 2.24) is 0 Å². The SMILES string of the molecule is C[C@@H](C(=O)O)N(F)c1c(F)c(F)c(F)c(F)c1F. The van der Waals surface area contributed by atoms with E-state index in [4.69, 9.17) is 5.11 Å². The summed E-state index contributed by atoms with van der Waals surface area (Å²) in [6.07, 6.45) is 0. The molecule has 0 saturated carbocycles. The van der Waals surface area contributed by atoms with Gasteiger partial charge >= 0.3 is 5.97 Å². The molecule has 0 saturated heterocycles. The van der Waals surface area contributed by atoms with Gasteiger partial charge in [-0.25, -0.2) is 26.7 Å². The van der Waals surface area contributed by atoms with Gasteiger partial charge < -0.3 is 5.11 Å². The van der Waals surface area contributed by atoms with Gasteiger partial charge in [-0.15, -0.1) is 0 Å². The summed E-state index contributed by atoms with van der Waals surface area (Å²) >= 11 is 0. The number of hydrogen-bond donors (Lipinski definition) is 1. The number of halogens is 6. The van der Waals surface area contributed by atoms with Gasteiger partial charge in [0, 0.05) is 0 Å². The van der Waals surface area contributed by atoms with E-state index in [0.717, 1.165) is 0 Å². The van der Waals surface area contributed by atoms with E-state index >= 15 is 0 Å². The van der Waals surface area contributed by atoms with Crippen LogP contribution in [-0.4, -0.2) is 17.1 Å². The first kappa shape index (κ1) is 14.1. The number of anilines is 1. The van der Waals surface area contributed by atoms with E-state index < -0.39 is 51.9 Å². The number of carboxylic acids is 1. The van der Waals surface area contributed by atoms with Crippen LogP contribution >= 0.6 is 0 Å². The van der Waals surface area contributed by atoms with Gasteiger partial charge in [0.05, 0.1) is 0 Å². The number of nitrogens with zero attached hydrogens (tertiary/aromatic N) is 1. The van der Waals surface area contributed by atoms with E-state index in [1.807, 2.05) is 0 Å². The molecule has 1 N–H and O–H groups in total. The number of rotatable bonds is 3. The minimum absolute atomic E-state index is 0.667. The Kier molecular flexibility index (Phi) is 3.73. The van der Waals surface area contributed by atoms with Gasteiger partial charge in [0.15, 0.2) is 29.3 Å². The summed E-state index contributed by atoms with van der Waals surface area (Å²) in [6.45, 7) is 0.667. The minimum atomic E-state index is -2.45. The summed E-state index contributed by atoms with van der Waals surface area (Å²) in [5.74, 6) is -13.9. The van der Waals surface area contributed by atoms with Crippen LogP contribution in [0.15, 0.2) is 0 Å². The van der Waals surface area contributed by atoms with E-state index in [-0.39, 0.29) is 0 Å². The van der Waals surface area contributed by atoms with Crippen LogP contribution in [0.3, 0.4) is 0 Å². The second-order valence-corrected chi connectivity index (χ2v) is 3.24. The Morgan fingerprint density at radius 3 is 1.67 bits per heavy atom. The molecule has 3 nitrogen and oxygen atoms in total. The molecule has 1 aromatic rings. The summed E-state index contributed by atoms with van der Waals surface area (Å²) in [6, 6.07) is -2.13. The van der Waals surface area contributed by atoms with E-state index in [0.29, 0.717) is 6.92 Å². The van der Waals surface area contributed by atoms with Crippen molar-refractivity contribution in [3.63, 3.8) is 0 Å². The fourth-order valence-corrected chi connectivity index (χ4v) is 1.07. The average molecular weight is 273 g/mol. The second-order valence-electron chi connectivity index (χ2n) is 3.24. The van der Waals surface area contributed by atoms with Crippen molar-refractivity contribution < 1.29 is 36.3 Å². The van der Waals surface area contributed by atoms with Gasteiger partial charge in [-0.05, 0) is 6.92 Å². The van der Waals surface area contributed by atoms with Crippen molar-refractivity contribution in [2.45, 2.75) is 13.0 Å². The van der Waals surface area contributed by atoms with Crippen molar-refractivity contribution >= 4 is 11.7 Å². The molecule has 1 aromatic carbocycles. The number of carbonyl (C=O) groups is 1. The van der Waals surface area contributed by atoms with Crippen LogP contribution in [0, 0.1) is 29.1 Å². The first-order valence-corrected chi connectivity index (χ1v) is 4.39. The summed E-state index contributed by atoms with van der Waals surface area (Å²) in [5, 5.41) is 7.36. The summed E-state index contributed by atoms with van der Waals surface area (Å²) in [7, 11) is 0. The highest BCUT2D eigenvalue weighted by molar-refractivity contribution is 5.77. The molecule has 0 spiro atoms. The van der Waals surface area contributed by atoms with Crippen LogP contribution in [0.5, 0.6) is 0 Å². The molecule has 0 aliphatic heterocycles. The maximum Gasteiger partial charge on any atom is 0.328 e. The normalized spacial score (nSPS) is 12.4. The Balaban J connectivity index is 3.46. The highest BCUT2D eigenvalue weighted by Crippen LogP contribution is 2.31. The molecular weight excluding hydrogens is 268 g/mol. The molecule has 0 aromatic heterocycles. The monoisotopic (exact) mass is 273 g/mol.